The summed E-state index contributed by atoms with van der Waals surface area (Å²) < 4.78 is 0. The molecule has 0 aliphatic heterocycles. The van der Waals surface area contributed by atoms with Crippen molar-refractivity contribution in [2.75, 3.05) is 5.75 Å². The molecule has 4 rings (SSSR count). The molecule has 2 heterocycles. The zero-order valence-electron chi connectivity index (χ0n) is 15.7. The Labute approximate surface area is 176 Å². The number of rotatable bonds is 7. The molecule has 29 heavy (non-hydrogen) atoms. The number of nitrogens with one attached hydrogen (secondary N) is 1. The molecule has 1 amide bonds. The van der Waals surface area contributed by atoms with Gasteiger partial charge in [-0.1, -0.05) is 30.0 Å². The van der Waals surface area contributed by atoms with E-state index in [9.17, 15) is 14.9 Å². The van der Waals surface area contributed by atoms with E-state index in [0.29, 0.717) is 21.1 Å². The molecule has 0 spiro atoms. The fourth-order valence-electron chi connectivity index (χ4n) is 2.90. The van der Waals surface area contributed by atoms with Crippen molar-refractivity contribution >= 4 is 45.7 Å². The number of ketones is 1. The third-order valence-corrected chi connectivity index (χ3v) is 6.51. The maximum Gasteiger partial charge on any atom is 0.252 e. The van der Waals surface area contributed by atoms with Crippen LogP contribution in [0.2, 0.25) is 0 Å². The number of nitriles is 1. The fraction of sp³-hybridized carbons (Fsp3) is 0.286. The molecule has 6 nitrogen and oxygen atoms in total. The Hall–Kier alpha value is -2.76. The number of carbonyl (C=O) groups excluding carboxylic acids is 2. The number of thioether (sulfide) groups is 1. The van der Waals surface area contributed by atoms with Gasteiger partial charge >= 0.3 is 0 Å². The summed E-state index contributed by atoms with van der Waals surface area (Å²) in [4.78, 5) is 34.1. The molecule has 1 saturated carbocycles. The highest BCUT2D eigenvalue weighted by Crippen LogP contribution is 2.28. The van der Waals surface area contributed by atoms with Gasteiger partial charge in [0.25, 0.3) is 5.91 Å². The van der Waals surface area contributed by atoms with Crippen molar-refractivity contribution in [3.05, 3.63) is 52.0 Å². The van der Waals surface area contributed by atoms with Gasteiger partial charge in [-0.3, -0.25) is 9.59 Å². The van der Waals surface area contributed by atoms with Crippen LogP contribution < -0.4 is 5.32 Å². The van der Waals surface area contributed by atoms with Crippen LogP contribution in [0.4, 0.5) is 0 Å². The lowest BCUT2D eigenvalue weighted by Gasteiger charge is -2.10. The van der Waals surface area contributed by atoms with Crippen molar-refractivity contribution in [2.45, 2.75) is 36.8 Å². The smallest absolute Gasteiger partial charge is 0.252 e. The van der Waals surface area contributed by atoms with Crippen LogP contribution >= 0.6 is 23.1 Å². The molecule has 0 saturated heterocycles. The quantitative estimate of drug-likeness (QED) is 0.581. The number of Topliss-reactive ketones (excluding diaryl/α,β-unsaturated/α-hetero) is 1. The fourth-order valence-corrected chi connectivity index (χ4v) is 4.58. The predicted molar refractivity (Wildman–Crippen MR) is 113 cm³/mol. The van der Waals surface area contributed by atoms with E-state index in [1.165, 1.54) is 23.1 Å². The zero-order chi connectivity index (χ0) is 20.4. The summed E-state index contributed by atoms with van der Waals surface area (Å²) in [6.07, 6.45) is 2.02. The molecular weight excluding hydrogens is 404 g/mol. The Morgan fingerprint density at radius 1 is 1.34 bits per heavy atom. The van der Waals surface area contributed by atoms with Crippen LogP contribution in [0.15, 0.2) is 40.7 Å². The van der Waals surface area contributed by atoms with Crippen molar-refractivity contribution in [1.29, 1.82) is 5.26 Å². The number of carbonyl (C=O) groups is 2. The average molecular weight is 423 g/mol. The molecule has 0 radical (unpaired) electrons. The first-order chi connectivity index (χ1) is 14.0. The van der Waals surface area contributed by atoms with Gasteiger partial charge in [-0.2, -0.15) is 5.26 Å². The number of pyridine rings is 1. The van der Waals surface area contributed by atoms with Crippen molar-refractivity contribution in [1.82, 2.24) is 15.3 Å². The summed E-state index contributed by atoms with van der Waals surface area (Å²) in [7, 11) is 0. The number of aryl methyl sites for hydroxylation is 1. The van der Waals surface area contributed by atoms with E-state index in [1.54, 1.807) is 6.07 Å². The molecule has 1 fully saturated rings. The number of hydrogen-bond donors (Lipinski definition) is 1. The number of hydrogen-bond acceptors (Lipinski definition) is 7. The van der Waals surface area contributed by atoms with Gasteiger partial charge in [0, 0.05) is 22.5 Å². The van der Waals surface area contributed by atoms with Gasteiger partial charge < -0.3 is 5.32 Å². The largest absolute Gasteiger partial charge is 0.349 e. The van der Waals surface area contributed by atoms with Crippen molar-refractivity contribution in [2.24, 2.45) is 0 Å². The van der Waals surface area contributed by atoms with E-state index >= 15 is 0 Å². The maximum absolute atomic E-state index is 12.7. The number of amides is 1. The number of thiazole rings is 1. The Bertz CT molecular complexity index is 1130. The van der Waals surface area contributed by atoms with Crippen LogP contribution in [-0.2, 0) is 4.79 Å². The van der Waals surface area contributed by atoms with Crippen molar-refractivity contribution < 1.29 is 9.59 Å². The molecule has 0 unspecified atom stereocenters. The van der Waals surface area contributed by atoms with Gasteiger partial charge in [0.1, 0.15) is 5.01 Å². The number of aromatic nitrogens is 2. The normalized spacial score (nSPS) is 14.3. The highest BCUT2D eigenvalue weighted by Gasteiger charge is 2.26. The summed E-state index contributed by atoms with van der Waals surface area (Å²) in [6.45, 7) is 1.83. The second kappa shape index (κ2) is 8.31. The Kier molecular flexibility index (Phi) is 5.60. The number of fused-ring (bicyclic) bond motifs is 1. The highest BCUT2D eigenvalue weighted by molar-refractivity contribution is 7.99. The average Bonchev–Trinajstić information content (AvgIpc) is 3.44. The minimum atomic E-state index is -0.876. The summed E-state index contributed by atoms with van der Waals surface area (Å²) in [5, 5.41) is 16.2. The minimum absolute atomic E-state index is 0.0892. The monoisotopic (exact) mass is 422 g/mol. The van der Waals surface area contributed by atoms with Gasteiger partial charge in [0.15, 0.2) is 11.7 Å². The first kappa shape index (κ1) is 19.6. The van der Waals surface area contributed by atoms with Crippen molar-refractivity contribution in [3.8, 4) is 6.07 Å². The SMILES string of the molecule is Cc1csc([C@H](C#N)C(=O)CSc2cc(C(=O)NC3CC3)c3ccccc3n2)n1. The summed E-state index contributed by atoms with van der Waals surface area (Å²) >= 11 is 2.56. The molecule has 146 valence electrons. The van der Waals surface area contributed by atoms with Crippen LogP contribution in [0.3, 0.4) is 0 Å². The van der Waals surface area contributed by atoms with Gasteiger partial charge in [-0.25, -0.2) is 9.97 Å². The predicted octanol–water partition coefficient (Wildman–Crippen LogP) is 3.86. The molecular formula is C21H18N4O2S2. The van der Waals surface area contributed by atoms with Crippen LogP contribution in [0.5, 0.6) is 0 Å². The Balaban J connectivity index is 1.55. The third-order valence-electron chi connectivity index (χ3n) is 4.55. The second-order valence-electron chi connectivity index (χ2n) is 6.92. The number of nitrogens with zero attached hydrogens (tertiary/aromatic N) is 3. The first-order valence-corrected chi connectivity index (χ1v) is 11.1. The van der Waals surface area contributed by atoms with E-state index in [4.69, 9.17) is 0 Å². The van der Waals surface area contributed by atoms with Crippen LogP contribution in [-0.4, -0.2) is 33.5 Å². The minimum Gasteiger partial charge on any atom is -0.349 e. The van der Waals surface area contributed by atoms with Gasteiger partial charge in [-0.15, -0.1) is 11.3 Å². The second-order valence-corrected chi connectivity index (χ2v) is 8.80. The Morgan fingerprint density at radius 2 is 2.14 bits per heavy atom. The molecule has 1 aromatic carbocycles. The van der Waals surface area contributed by atoms with E-state index in [1.807, 2.05) is 36.6 Å². The van der Waals surface area contributed by atoms with E-state index in [0.717, 1.165) is 23.9 Å². The van der Waals surface area contributed by atoms with E-state index < -0.39 is 5.92 Å². The maximum atomic E-state index is 12.7. The highest BCUT2D eigenvalue weighted by atomic mass is 32.2. The summed E-state index contributed by atoms with van der Waals surface area (Å²) in [5.41, 5.74) is 2.07. The summed E-state index contributed by atoms with van der Waals surface area (Å²) in [6, 6.07) is 11.5. The molecule has 1 aliphatic rings. The van der Waals surface area contributed by atoms with Gasteiger partial charge in [0.2, 0.25) is 0 Å². The standard InChI is InChI=1S/C21H18N4O2S2/c1-12-10-29-21(23-12)16(9-22)18(26)11-28-19-8-15(20(27)24-13-6-7-13)14-4-2-3-5-17(14)25-19/h2-5,8,10,13,16H,6-7,11H2,1H3,(H,24,27)/t16-/m1/s1. The lowest BCUT2D eigenvalue weighted by molar-refractivity contribution is -0.116. The molecule has 8 heteroatoms. The van der Waals surface area contributed by atoms with Crippen molar-refractivity contribution in [3.63, 3.8) is 0 Å². The molecule has 3 aromatic rings. The summed E-state index contributed by atoms with van der Waals surface area (Å²) in [5.74, 6) is -1.12. The lowest BCUT2D eigenvalue weighted by Crippen LogP contribution is -2.25. The van der Waals surface area contributed by atoms with E-state index in [-0.39, 0.29) is 23.5 Å². The first-order valence-electron chi connectivity index (χ1n) is 9.23. The van der Waals surface area contributed by atoms with Crippen LogP contribution in [0.25, 0.3) is 10.9 Å². The lowest BCUT2D eigenvalue weighted by atomic mass is 10.1. The zero-order valence-corrected chi connectivity index (χ0v) is 17.3. The third kappa shape index (κ3) is 4.47. The number of para-hydroxylation sites is 1. The Morgan fingerprint density at radius 3 is 2.83 bits per heavy atom. The van der Waals surface area contributed by atoms with Gasteiger partial charge in [-0.05, 0) is 31.9 Å². The number of benzene rings is 1. The molecule has 0 bridgehead atoms. The molecule has 1 aliphatic carbocycles. The molecule has 1 N–H and O–H groups in total. The molecule has 2 aromatic heterocycles. The van der Waals surface area contributed by atoms with Crippen LogP contribution in [0.1, 0.15) is 39.8 Å². The van der Waals surface area contributed by atoms with Crippen LogP contribution in [0, 0.1) is 18.3 Å². The van der Waals surface area contributed by atoms with Gasteiger partial charge in [0.05, 0.1) is 27.9 Å². The molecule has 1 atom stereocenters. The van der Waals surface area contributed by atoms with E-state index in [2.05, 4.69) is 21.4 Å². The topological polar surface area (TPSA) is 95.7 Å².